The lowest BCUT2D eigenvalue weighted by Gasteiger charge is -2.42. The number of amides is 1. The molecule has 6 heteroatoms. The van der Waals surface area contributed by atoms with Gasteiger partial charge in [0.1, 0.15) is 0 Å². The molecule has 0 aromatic rings. The zero-order valence-corrected chi connectivity index (χ0v) is 12.3. The molecule has 1 atom stereocenters. The van der Waals surface area contributed by atoms with Crippen LogP contribution in [0.2, 0.25) is 0 Å². The molecule has 1 heterocycles. The molecule has 0 aromatic heterocycles. The first-order chi connectivity index (χ1) is 8.77. The fourth-order valence-electron chi connectivity index (χ4n) is 2.13. The van der Waals surface area contributed by atoms with Gasteiger partial charge in [-0.3, -0.25) is 9.69 Å². The highest BCUT2D eigenvalue weighted by Gasteiger charge is 2.32. The van der Waals surface area contributed by atoms with Gasteiger partial charge in [0.2, 0.25) is 0 Å². The third kappa shape index (κ3) is 4.18. The molecule has 0 bridgehead atoms. The number of nitrogens with zero attached hydrogens (tertiary/aromatic N) is 2. The number of nitrogens with two attached hydrogens (primary N) is 1. The quantitative estimate of drug-likeness (QED) is 0.569. The van der Waals surface area contributed by atoms with Gasteiger partial charge in [-0.1, -0.05) is 0 Å². The molecule has 6 nitrogen and oxygen atoms in total. The molecule has 1 amide bonds. The second kappa shape index (κ2) is 6.34. The van der Waals surface area contributed by atoms with E-state index in [0.717, 1.165) is 13.1 Å². The molecule has 19 heavy (non-hydrogen) atoms. The highest BCUT2D eigenvalue weighted by Crippen LogP contribution is 2.16. The monoisotopic (exact) mass is 271 g/mol. The van der Waals surface area contributed by atoms with Crippen LogP contribution in [-0.4, -0.2) is 66.0 Å². The molecular weight excluding hydrogens is 246 g/mol. The first kappa shape index (κ1) is 15.9. The molecule has 1 saturated heterocycles. The minimum absolute atomic E-state index is 0.0956. The van der Waals surface area contributed by atoms with E-state index in [1.165, 1.54) is 0 Å². The molecule has 0 aliphatic carbocycles. The van der Waals surface area contributed by atoms with Crippen LogP contribution >= 0.6 is 0 Å². The molecule has 1 aliphatic rings. The van der Waals surface area contributed by atoms with Gasteiger partial charge in [0.05, 0.1) is 6.61 Å². The zero-order chi connectivity index (χ0) is 14.6. The lowest BCUT2D eigenvalue weighted by atomic mass is 10.0. The molecular formula is C13H25N3O3. The predicted octanol–water partition coefficient (Wildman–Crippen LogP) is -0.180. The maximum absolute atomic E-state index is 12.1. The van der Waals surface area contributed by atoms with Crippen LogP contribution < -0.4 is 5.73 Å². The molecule has 1 fully saturated rings. The standard InChI is InChI=1S/C13H25N3O3/c1-5-19-12(18)10(14)11(17)15-6-8-16(9-7-15)13(2,3)4/h10H,5-9,14H2,1-4H3. The van der Waals surface area contributed by atoms with E-state index >= 15 is 0 Å². The Morgan fingerprint density at radius 2 is 1.74 bits per heavy atom. The summed E-state index contributed by atoms with van der Waals surface area (Å²) in [5.41, 5.74) is 5.71. The molecule has 2 N–H and O–H groups in total. The van der Waals surface area contributed by atoms with E-state index in [-0.39, 0.29) is 18.1 Å². The lowest BCUT2D eigenvalue weighted by molar-refractivity contribution is -0.151. The number of carbonyl (C=O) groups excluding carboxylic acids is 2. The van der Waals surface area contributed by atoms with Gasteiger partial charge in [-0.15, -0.1) is 0 Å². The highest BCUT2D eigenvalue weighted by atomic mass is 16.5. The SMILES string of the molecule is CCOC(=O)C(N)C(=O)N1CCN(C(C)(C)C)CC1. The van der Waals surface area contributed by atoms with Crippen LogP contribution in [-0.2, 0) is 14.3 Å². The molecule has 0 radical (unpaired) electrons. The normalized spacial score (nSPS) is 19.1. The van der Waals surface area contributed by atoms with E-state index in [9.17, 15) is 9.59 Å². The van der Waals surface area contributed by atoms with Gasteiger partial charge >= 0.3 is 5.97 Å². The number of hydrogen-bond donors (Lipinski definition) is 1. The van der Waals surface area contributed by atoms with Crippen molar-refractivity contribution in [2.24, 2.45) is 5.73 Å². The summed E-state index contributed by atoms with van der Waals surface area (Å²) in [4.78, 5) is 27.5. The van der Waals surface area contributed by atoms with Crippen molar-refractivity contribution in [1.82, 2.24) is 9.80 Å². The van der Waals surface area contributed by atoms with Crippen LogP contribution in [0.1, 0.15) is 27.7 Å². The van der Waals surface area contributed by atoms with Gasteiger partial charge in [-0.25, -0.2) is 4.79 Å². The van der Waals surface area contributed by atoms with Crippen molar-refractivity contribution in [3.63, 3.8) is 0 Å². The number of piperazine rings is 1. The highest BCUT2D eigenvalue weighted by molar-refractivity contribution is 6.01. The summed E-state index contributed by atoms with van der Waals surface area (Å²) >= 11 is 0. The summed E-state index contributed by atoms with van der Waals surface area (Å²) in [6.07, 6.45) is 0. The lowest BCUT2D eigenvalue weighted by Crippen LogP contribution is -2.58. The summed E-state index contributed by atoms with van der Waals surface area (Å²) in [5.74, 6) is -0.988. The molecule has 0 aromatic carbocycles. The summed E-state index contributed by atoms with van der Waals surface area (Å²) in [5, 5.41) is 0. The van der Waals surface area contributed by atoms with Gasteiger partial charge in [0, 0.05) is 31.7 Å². The fourth-order valence-corrected chi connectivity index (χ4v) is 2.13. The van der Waals surface area contributed by atoms with Crippen LogP contribution in [0.5, 0.6) is 0 Å². The Balaban J connectivity index is 2.51. The van der Waals surface area contributed by atoms with E-state index in [0.29, 0.717) is 13.1 Å². The third-order valence-electron chi connectivity index (χ3n) is 3.35. The molecule has 0 spiro atoms. The smallest absolute Gasteiger partial charge is 0.332 e. The van der Waals surface area contributed by atoms with Crippen LogP contribution in [0, 0.1) is 0 Å². The van der Waals surface area contributed by atoms with Crippen molar-refractivity contribution in [3.05, 3.63) is 0 Å². The minimum Gasteiger partial charge on any atom is -0.464 e. The van der Waals surface area contributed by atoms with Crippen molar-refractivity contribution in [1.29, 1.82) is 0 Å². The van der Waals surface area contributed by atoms with Crippen molar-refractivity contribution in [3.8, 4) is 0 Å². The van der Waals surface area contributed by atoms with E-state index in [4.69, 9.17) is 10.5 Å². The number of carbonyl (C=O) groups is 2. The number of rotatable bonds is 3. The Labute approximate surface area is 114 Å². The largest absolute Gasteiger partial charge is 0.464 e. The average molecular weight is 271 g/mol. The van der Waals surface area contributed by atoms with E-state index in [1.807, 2.05) is 0 Å². The topological polar surface area (TPSA) is 75.9 Å². The Bertz CT molecular complexity index is 331. The minimum atomic E-state index is -1.19. The van der Waals surface area contributed by atoms with Crippen molar-refractivity contribution >= 4 is 11.9 Å². The average Bonchev–Trinajstić information content (AvgIpc) is 2.36. The van der Waals surface area contributed by atoms with Crippen molar-refractivity contribution < 1.29 is 14.3 Å². The van der Waals surface area contributed by atoms with Crippen LogP contribution in [0.25, 0.3) is 0 Å². The second-order valence-corrected chi connectivity index (χ2v) is 5.71. The van der Waals surface area contributed by atoms with Crippen LogP contribution in [0.4, 0.5) is 0 Å². The number of esters is 1. The molecule has 1 aliphatic heterocycles. The van der Waals surface area contributed by atoms with E-state index < -0.39 is 12.0 Å². The Morgan fingerprint density at radius 1 is 1.21 bits per heavy atom. The summed E-state index contributed by atoms with van der Waals surface area (Å²) < 4.78 is 4.77. The maximum Gasteiger partial charge on any atom is 0.332 e. The predicted molar refractivity (Wildman–Crippen MR) is 72.5 cm³/mol. The zero-order valence-electron chi connectivity index (χ0n) is 12.3. The second-order valence-electron chi connectivity index (χ2n) is 5.71. The van der Waals surface area contributed by atoms with Gasteiger partial charge < -0.3 is 15.4 Å². The van der Waals surface area contributed by atoms with Crippen LogP contribution in [0.3, 0.4) is 0 Å². The Hall–Kier alpha value is -1.14. The summed E-state index contributed by atoms with van der Waals surface area (Å²) in [7, 11) is 0. The third-order valence-corrected chi connectivity index (χ3v) is 3.35. The first-order valence-electron chi connectivity index (χ1n) is 6.73. The number of ether oxygens (including phenoxy) is 1. The summed E-state index contributed by atoms with van der Waals surface area (Å²) in [6, 6.07) is -1.19. The molecule has 110 valence electrons. The molecule has 1 unspecified atom stereocenters. The number of hydrogen-bond acceptors (Lipinski definition) is 5. The Morgan fingerprint density at radius 3 is 2.16 bits per heavy atom. The van der Waals surface area contributed by atoms with E-state index in [1.54, 1.807) is 11.8 Å². The maximum atomic E-state index is 12.1. The van der Waals surface area contributed by atoms with E-state index in [2.05, 4.69) is 25.7 Å². The van der Waals surface area contributed by atoms with Crippen molar-refractivity contribution in [2.45, 2.75) is 39.3 Å². The Kier molecular flexibility index (Phi) is 5.31. The van der Waals surface area contributed by atoms with Crippen molar-refractivity contribution in [2.75, 3.05) is 32.8 Å². The van der Waals surface area contributed by atoms with Gasteiger partial charge in [0.25, 0.3) is 5.91 Å². The van der Waals surface area contributed by atoms with Gasteiger partial charge in [-0.2, -0.15) is 0 Å². The summed E-state index contributed by atoms with van der Waals surface area (Å²) in [6.45, 7) is 11.2. The fraction of sp³-hybridized carbons (Fsp3) is 0.846. The van der Waals surface area contributed by atoms with Gasteiger partial charge in [-0.05, 0) is 27.7 Å². The molecule has 0 saturated carbocycles. The van der Waals surface area contributed by atoms with Gasteiger partial charge in [0.15, 0.2) is 6.04 Å². The van der Waals surface area contributed by atoms with Crippen LogP contribution in [0.15, 0.2) is 0 Å². The first-order valence-corrected chi connectivity index (χ1v) is 6.73. The molecule has 1 rings (SSSR count).